The van der Waals surface area contributed by atoms with Crippen molar-refractivity contribution in [1.29, 1.82) is 0 Å². The highest BCUT2D eigenvalue weighted by atomic mass is 79.9. The summed E-state index contributed by atoms with van der Waals surface area (Å²) in [5, 5.41) is 4.10. The van der Waals surface area contributed by atoms with Crippen LogP contribution < -0.4 is 0 Å². The van der Waals surface area contributed by atoms with Crippen molar-refractivity contribution >= 4 is 21.8 Å². The number of hydrogen-bond acceptors (Lipinski definition) is 5. The van der Waals surface area contributed by atoms with E-state index < -0.39 is 0 Å². The Balaban J connectivity index is 1.27. The van der Waals surface area contributed by atoms with Crippen molar-refractivity contribution in [2.75, 3.05) is 20.1 Å². The maximum Gasteiger partial charge on any atom is 0.241 e. The van der Waals surface area contributed by atoms with Gasteiger partial charge in [-0.15, -0.1) is 0 Å². The molecule has 30 heavy (non-hydrogen) atoms. The monoisotopic (exact) mass is 468 g/mol. The fourth-order valence-corrected chi connectivity index (χ4v) is 4.08. The third kappa shape index (κ3) is 5.15. The smallest absolute Gasteiger partial charge is 0.241 e. The zero-order valence-corrected chi connectivity index (χ0v) is 18.6. The fourth-order valence-electron chi connectivity index (χ4n) is 3.81. The average Bonchev–Trinajstić information content (AvgIpc) is 3.23. The van der Waals surface area contributed by atoms with Crippen molar-refractivity contribution in [2.24, 2.45) is 5.92 Å². The Morgan fingerprint density at radius 2 is 1.83 bits per heavy atom. The van der Waals surface area contributed by atoms with Crippen LogP contribution >= 0.6 is 15.9 Å². The number of piperidine rings is 1. The van der Waals surface area contributed by atoms with Crippen molar-refractivity contribution in [3.05, 3.63) is 70.5 Å². The molecule has 1 amide bonds. The second kappa shape index (κ2) is 9.53. The summed E-state index contributed by atoms with van der Waals surface area (Å²) in [6.45, 7) is 2.97. The van der Waals surface area contributed by atoms with E-state index >= 15 is 0 Å². The highest BCUT2D eigenvalue weighted by Crippen LogP contribution is 2.23. The Kier molecular flexibility index (Phi) is 6.59. The summed E-state index contributed by atoms with van der Waals surface area (Å²) < 4.78 is 6.46. The van der Waals surface area contributed by atoms with Crippen LogP contribution in [0.3, 0.4) is 0 Å². The van der Waals surface area contributed by atoms with Crippen molar-refractivity contribution in [2.45, 2.75) is 25.9 Å². The van der Waals surface area contributed by atoms with Gasteiger partial charge in [0, 0.05) is 29.5 Å². The predicted molar refractivity (Wildman–Crippen MR) is 118 cm³/mol. The largest absolute Gasteiger partial charge is 0.341 e. The first kappa shape index (κ1) is 20.8. The standard InChI is InChI=1S/C23H25BrN4O2/c1-27(15-17-5-3-2-4-6-17)23(29)19-11-13-28(14-12-19)16-21-25-22(26-30-21)18-7-9-20(24)10-8-18/h2-10,19H,11-16H2,1H3. The molecule has 4 rings (SSSR count). The van der Waals surface area contributed by atoms with Gasteiger partial charge in [-0.25, -0.2) is 0 Å². The number of aromatic nitrogens is 2. The Morgan fingerprint density at radius 1 is 1.13 bits per heavy atom. The van der Waals surface area contributed by atoms with Crippen molar-refractivity contribution in [3.8, 4) is 11.4 Å². The van der Waals surface area contributed by atoms with Gasteiger partial charge >= 0.3 is 0 Å². The second-order valence-electron chi connectivity index (χ2n) is 7.75. The molecule has 0 aliphatic carbocycles. The number of carbonyl (C=O) groups is 1. The minimum atomic E-state index is 0.0796. The van der Waals surface area contributed by atoms with Crippen molar-refractivity contribution < 1.29 is 9.32 Å². The van der Waals surface area contributed by atoms with E-state index in [2.05, 4.69) is 43.1 Å². The molecule has 1 saturated heterocycles. The number of benzene rings is 2. The normalized spacial score (nSPS) is 15.3. The molecule has 0 unspecified atom stereocenters. The van der Waals surface area contributed by atoms with Gasteiger partial charge in [-0.2, -0.15) is 4.98 Å². The SMILES string of the molecule is CN(Cc1ccccc1)C(=O)C1CCN(Cc2nc(-c3ccc(Br)cc3)no2)CC1. The van der Waals surface area contributed by atoms with Gasteiger partial charge in [0.25, 0.3) is 0 Å². The molecule has 0 spiro atoms. The van der Waals surface area contributed by atoms with Crippen molar-refractivity contribution in [1.82, 2.24) is 19.9 Å². The number of carbonyl (C=O) groups excluding carboxylic acids is 1. The summed E-state index contributed by atoms with van der Waals surface area (Å²) in [5.41, 5.74) is 2.09. The molecule has 2 heterocycles. The summed E-state index contributed by atoms with van der Waals surface area (Å²) >= 11 is 3.43. The first-order chi connectivity index (χ1) is 14.6. The first-order valence-electron chi connectivity index (χ1n) is 10.2. The Hall–Kier alpha value is -2.51. The van der Waals surface area contributed by atoms with Crippen LogP contribution in [0.25, 0.3) is 11.4 Å². The van der Waals surface area contributed by atoms with E-state index in [0.29, 0.717) is 24.8 Å². The van der Waals surface area contributed by atoms with E-state index in [9.17, 15) is 4.79 Å². The molecule has 1 aliphatic heterocycles. The molecule has 2 aromatic carbocycles. The molecular formula is C23H25BrN4O2. The molecule has 156 valence electrons. The molecule has 0 bridgehead atoms. The van der Waals surface area contributed by atoms with Crippen LogP contribution in [0.15, 0.2) is 63.6 Å². The zero-order chi connectivity index (χ0) is 20.9. The van der Waals surface area contributed by atoms with E-state index in [4.69, 9.17) is 4.52 Å². The van der Waals surface area contributed by atoms with Crippen LogP contribution in [0.5, 0.6) is 0 Å². The summed E-state index contributed by atoms with van der Waals surface area (Å²) in [7, 11) is 1.89. The van der Waals surface area contributed by atoms with E-state index in [-0.39, 0.29) is 11.8 Å². The highest BCUT2D eigenvalue weighted by molar-refractivity contribution is 9.10. The van der Waals surface area contributed by atoms with Gasteiger partial charge < -0.3 is 9.42 Å². The van der Waals surface area contributed by atoms with Gasteiger partial charge in [0.1, 0.15) is 0 Å². The Morgan fingerprint density at radius 3 is 2.53 bits per heavy atom. The number of rotatable bonds is 6. The van der Waals surface area contributed by atoms with E-state index in [1.54, 1.807) is 0 Å². The van der Waals surface area contributed by atoms with Gasteiger partial charge in [-0.05, 0) is 55.8 Å². The topological polar surface area (TPSA) is 62.5 Å². The molecular weight excluding hydrogens is 444 g/mol. The minimum Gasteiger partial charge on any atom is -0.341 e. The van der Waals surface area contributed by atoms with Crippen molar-refractivity contribution in [3.63, 3.8) is 0 Å². The van der Waals surface area contributed by atoms with Crippen LogP contribution in [0, 0.1) is 5.92 Å². The average molecular weight is 469 g/mol. The lowest BCUT2D eigenvalue weighted by Gasteiger charge is -2.32. The quantitative estimate of drug-likeness (QED) is 0.537. The molecule has 3 aromatic rings. The summed E-state index contributed by atoms with van der Waals surface area (Å²) in [6, 6.07) is 18.0. The van der Waals surface area contributed by atoms with Crippen LogP contribution in [0.2, 0.25) is 0 Å². The maximum atomic E-state index is 12.8. The van der Waals surface area contributed by atoms with E-state index in [0.717, 1.165) is 41.5 Å². The molecule has 0 saturated carbocycles. The van der Waals surface area contributed by atoms with Gasteiger partial charge in [0.15, 0.2) is 0 Å². The van der Waals surface area contributed by atoms with Gasteiger partial charge in [-0.3, -0.25) is 9.69 Å². The molecule has 1 aromatic heterocycles. The van der Waals surface area contributed by atoms with Crippen LogP contribution in [-0.4, -0.2) is 46.0 Å². The third-order valence-electron chi connectivity index (χ3n) is 5.50. The number of amides is 1. The Labute approximate surface area is 185 Å². The van der Waals surface area contributed by atoms with Gasteiger partial charge in [0.05, 0.1) is 6.54 Å². The molecule has 6 nitrogen and oxygen atoms in total. The molecule has 0 atom stereocenters. The fraction of sp³-hybridized carbons (Fsp3) is 0.348. The predicted octanol–water partition coefficient (Wildman–Crippen LogP) is 4.37. The summed E-state index contributed by atoms with van der Waals surface area (Å²) in [6.07, 6.45) is 1.71. The number of hydrogen-bond donors (Lipinski definition) is 0. The highest BCUT2D eigenvalue weighted by Gasteiger charge is 2.28. The summed E-state index contributed by atoms with van der Waals surface area (Å²) in [4.78, 5) is 21.5. The number of likely N-dealkylation sites (tertiary alicyclic amines) is 1. The minimum absolute atomic E-state index is 0.0796. The number of halogens is 1. The first-order valence-corrected chi connectivity index (χ1v) is 11.0. The molecule has 0 N–H and O–H groups in total. The molecule has 1 fully saturated rings. The third-order valence-corrected chi connectivity index (χ3v) is 6.03. The van der Waals surface area contributed by atoms with E-state index in [1.165, 1.54) is 0 Å². The lowest BCUT2D eigenvalue weighted by Crippen LogP contribution is -2.40. The maximum absolute atomic E-state index is 12.8. The van der Waals surface area contributed by atoms with Gasteiger partial charge in [-0.1, -0.05) is 51.4 Å². The van der Waals surface area contributed by atoms with Gasteiger partial charge in [0.2, 0.25) is 17.6 Å². The summed E-state index contributed by atoms with van der Waals surface area (Å²) in [5.74, 6) is 1.52. The second-order valence-corrected chi connectivity index (χ2v) is 8.66. The van der Waals surface area contributed by atoms with Crippen LogP contribution in [-0.2, 0) is 17.9 Å². The lowest BCUT2D eigenvalue weighted by molar-refractivity contribution is -0.136. The van der Waals surface area contributed by atoms with Crippen LogP contribution in [0.1, 0.15) is 24.3 Å². The van der Waals surface area contributed by atoms with E-state index in [1.807, 2.05) is 54.4 Å². The zero-order valence-electron chi connectivity index (χ0n) is 17.0. The lowest BCUT2D eigenvalue weighted by atomic mass is 9.95. The van der Waals surface area contributed by atoms with Crippen LogP contribution in [0.4, 0.5) is 0 Å². The molecule has 1 aliphatic rings. The number of nitrogens with zero attached hydrogens (tertiary/aromatic N) is 4. The molecule has 7 heteroatoms. The Bertz CT molecular complexity index is 966. The molecule has 0 radical (unpaired) electrons.